The summed E-state index contributed by atoms with van der Waals surface area (Å²) in [6.07, 6.45) is 0. The van der Waals surface area contributed by atoms with Crippen LogP contribution in [0.5, 0.6) is 0 Å². The van der Waals surface area contributed by atoms with E-state index in [9.17, 15) is 9.59 Å². The number of benzene rings is 1. The zero-order chi connectivity index (χ0) is 13.4. The van der Waals surface area contributed by atoms with Crippen molar-refractivity contribution < 1.29 is 9.21 Å². The van der Waals surface area contributed by atoms with Crippen molar-refractivity contribution in [2.24, 2.45) is 12.8 Å². The van der Waals surface area contributed by atoms with E-state index in [1.807, 2.05) is 0 Å². The highest BCUT2D eigenvalue weighted by atomic mass is 16.4. The molecule has 1 atom stereocenters. The number of hydrogen-bond donors (Lipinski definition) is 1. The molecular formula is C12H15N3O3. The van der Waals surface area contributed by atoms with Crippen molar-refractivity contribution in [1.82, 2.24) is 9.47 Å². The standard InChI is InChI=1S/C12H15N3O3/c1-14(2)11(16)10(13)7-4-5-8-9(6-7)18-12(17)15(8)3/h4-6,10H,13H2,1-3H3. The number of nitrogens with zero attached hydrogens (tertiary/aromatic N) is 2. The Balaban J connectivity index is 2.48. The van der Waals surface area contributed by atoms with Gasteiger partial charge in [-0.3, -0.25) is 9.36 Å². The summed E-state index contributed by atoms with van der Waals surface area (Å²) in [5, 5.41) is 0. The lowest BCUT2D eigenvalue weighted by molar-refractivity contribution is -0.130. The number of nitrogens with two attached hydrogens (primary N) is 1. The normalized spacial score (nSPS) is 12.7. The molecule has 1 heterocycles. The Bertz CT molecular complexity index is 654. The maximum atomic E-state index is 11.8. The minimum absolute atomic E-state index is 0.201. The van der Waals surface area contributed by atoms with Crippen LogP contribution in [-0.2, 0) is 11.8 Å². The molecule has 1 unspecified atom stereocenters. The van der Waals surface area contributed by atoms with E-state index in [0.29, 0.717) is 16.7 Å². The fourth-order valence-corrected chi connectivity index (χ4v) is 1.76. The Morgan fingerprint density at radius 1 is 1.44 bits per heavy atom. The Morgan fingerprint density at radius 2 is 2.11 bits per heavy atom. The average Bonchev–Trinajstić information content (AvgIpc) is 2.62. The summed E-state index contributed by atoms with van der Waals surface area (Å²) in [6, 6.07) is 4.32. The van der Waals surface area contributed by atoms with E-state index in [4.69, 9.17) is 10.2 Å². The fraction of sp³-hybridized carbons (Fsp3) is 0.333. The second-order valence-corrected chi connectivity index (χ2v) is 4.36. The van der Waals surface area contributed by atoms with Gasteiger partial charge in [0.05, 0.1) is 5.52 Å². The lowest BCUT2D eigenvalue weighted by atomic mass is 10.1. The van der Waals surface area contributed by atoms with Gasteiger partial charge in [-0.05, 0) is 17.7 Å². The van der Waals surface area contributed by atoms with E-state index >= 15 is 0 Å². The largest absolute Gasteiger partial charge is 0.419 e. The Hall–Kier alpha value is -2.08. The van der Waals surface area contributed by atoms with Gasteiger partial charge >= 0.3 is 5.76 Å². The number of oxazole rings is 1. The van der Waals surface area contributed by atoms with Crippen LogP contribution in [0.2, 0.25) is 0 Å². The van der Waals surface area contributed by atoms with Crippen molar-refractivity contribution in [2.75, 3.05) is 14.1 Å². The highest BCUT2D eigenvalue weighted by Crippen LogP contribution is 2.19. The molecule has 1 aromatic carbocycles. The van der Waals surface area contributed by atoms with Gasteiger partial charge in [-0.1, -0.05) is 6.07 Å². The topological polar surface area (TPSA) is 81.5 Å². The van der Waals surface area contributed by atoms with E-state index < -0.39 is 11.8 Å². The smallest absolute Gasteiger partial charge is 0.408 e. The van der Waals surface area contributed by atoms with Crippen molar-refractivity contribution in [3.05, 3.63) is 34.3 Å². The van der Waals surface area contributed by atoms with Crippen molar-refractivity contribution in [3.8, 4) is 0 Å². The molecule has 6 heteroatoms. The first kappa shape index (κ1) is 12.4. The second-order valence-electron chi connectivity index (χ2n) is 4.36. The molecule has 0 aliphatic rings. The third-order valence-corrected chi connectivity index (χ3v) is 2.88. The molecule has 0 saturated carbocycles. The van der Waals surface area contributed by atoms with Crippen LogP contribution >= 0.6 is 0 Å². The first-order valence-electron chi connectivity index (χ1n) is 5.48. The molecule has 1 aromatic heterocycles. The zero-order valence-corrected chi connectivity index (χ0v) is 10.5. The van der Waals surface area contributed by atoms with E-state index in [-0.39, 0.29) is 5.91 Å². The van der Waals surface area contributed by atoms with E-state index in [0.717, 1.165) is 0 Å². The molecule has 0 saturated heterocycles. The number of hydrogen-bond acceptors (Lipinski definition) is 4. The highest BCUT2D eigenvalue weighted by Gasteiger charge is 2.19. The predicted octanol–water partition coefficient (Wildman–Crippen LogP) is 0.219. The minimum atomic E-state index is -0.755. The SMILES string of the molecule is CN(C)C(=O)C(N)c1ccc2c(c1)oc(=O)n2C. The third-order valence-electron chi connectivity index (χ3n) is 2.88. The number of likely N-dealkylation sites (N-methyl/N-ethyl adjacent to an activating group) is 1. The van der Waals surface area contributed by atoms with Crippen molar-refractivity contribution in [1.29, 1.82) is 0 Å². The summed E-state index contributed by atoms with van der Waals surface area (Å²) in [6.45, 7) is 0. The van der Waals surface area contributed by atoms with Crippen LogP contribution in [0.4, 0.5) is 0 Å². The summed E-state index contributed by atoms with van der Waals surface area (Å²) < 4.78 is 6.46. The molecular weight excluding hydrogens is 234 g/mol. The van der Waals surface area contributed by atoms with Crippen LogP contribution in [0.1, 0.15) is 11.6 Å². The number of amides is 1. The molecule has 0 bridgehead atoms. The Labute approximate surface area is 104 Å². The molecule has 0 aliphatic heterocycles. The van der Waals surface area contributed by atoms with Gasteiger partial charge in [-0.15, -0.1) is 0 Å². The number of rotatable bonds is 2. The summed E-state index contributed by atoms with van der Waals surface area (Å²) in [4.78, 5) is 24.5. The number of aryl methyl sites for hydroxylation is 1. The molecule has 2 aromatic rings. The molecule has 6 nitrogen and oxygen atoms in total. The quantitative estimate of drug-likeness (QED) is 0.825. The van der Waals surface area contributed by atoms with Gasteiger partial charge < -0.3 is 15.1 Å². The predicted molar refractivity (Wildman–Crippen MR) is 67.1 cm³/mol. The van der Waals surface area contributed by atoms with Gasteiger partial charge in [-0.25, -0.2) is 4.79 Å². The number of aromatic nitrogens is 1. The lowest BCUT2D eigenvalue weighted by Crippen LogP contribution is -2.33. The van der Waals surface area contributed by atoms with Crippen LogP contribution in [0.3, 0.4) is 0 Å². The second kappa shape index (κ2) is 4.30. The fourth-order valence-electron chi connectivity index (χ4n) is 1.76. The van der Waals surface area contributed by atoms with Gasteiger partial charge in [0, 0.05) is 21.1 Å². The zero-order valence-electron chi connectivity index (χ0n) is 10.5. The van der Waals surface area contributed by atoms with Gasteiger partial charge in [-0.2, -0.15) is 0 Å². The number of fused-ring (bicyclic) bond motifs is 1. The molecule has 1 amide bonds. The summed E-state index contributed by atoms with van der Waals surface area (Å²) in [5.41, 5.74) is 7.59. The molecule has 0 radical (unpaired) electrons. The summed E-state index contributed by atoms with van der Waals surface area (Å²) >= 11 is 0. The molecule has 2 rings (SSSR count). The molecule has 0 fully saturated rings. The number of carbonyl (C=O) groups is 1. The van der Waals surface area contributed by atoms with Crippen molar-refractivity contribution in [3.63, 3.8) is 0 Å². The van der Waals surface area contributed by atoms with Crippen LogP contribution in [0, 0.1) is 0 Å². The molecule has 96 valence electrons. The van der Waals surface area contributed by atoms with Gasteiger partial charge in [0.1, 0.15) is 6.04 Å². The summed E-state index contributed by atoms with van der Waals surface area (Å²) in [7, 11) is 4.91. The molecule has 0 aliphatic carbocycles. The minimum Gasteiger partial charge on any atom is -0.408 e. The van der Waals surface area contributed by atoms with Crippen LogP contribution < -0.4 is 11.5 Å². The lowest BCUT2D eigenvalue weighted by Gasteiger charge is -2.16. The number of carbonyl (C=O) groups excluding carboxylic acids is 1. The first-order valence-corrected chi connectivity index (χ1v) is 5.48. The highest BCUT2D eigenvalue weighted by molar-refractivity contribution is 5.84. The van der Waals surface area contributed by atoms with E-state index in [1.165, 1.54) is 9.47 Å². The van der Waals surface area contributed by atoms with Gasteiger partial charge in [0.15, 0.2) is 5.58 Å². The van der Waals surface area contributed by atoms with Crippen molar-refractivity contribution >= 4 is 17.0 Å². The monoisotopic (exact) mass is 249 g/mol. The van der Waals surface area contributed by atoms with Crippen LogP contribution in [-0.4, -0.2) is 29.5 Å². The molecule has 0 spiro atoms. The van der Waals surface area contributed by atoms with Crippen LogP contribution in [0.25, 0.3) is 11.1 Å². The molecule has 2 N–H and O–H groups in total. The maximum absolute atomic E-state index is 11.8. The summed E-state index contributed by atoms with van der Waals surface area (Å²) in [5.74, 6) is -0.637. The van der Waals surface area contributed by atoms with E-state index in [1.54, 1.807) is 39.3 Å². The van der Waals surface area contributed by atoms with Gasteiger partial charge in [0.2, 0.25) is 5.91 Å². The van der Waals surface area contributed by atoms with E-state index in [2.05, 4.69) is 0 Å². The Kier molecular flexibility index (Phi) is 2.96. The average molecular weight is 249 g/mol. The van der Waals surface area contributed by atoms with Crippen molar-refractivity contribution in [2.45, 2.75) is 6.04 Å². The first-order chi connectivity index (χ1) is 8.41. The maximum Gasteiger partial charge on any atom is 0.419 e. The third kappa shape index (κ3) is 1.91. The van der Waals surface area contributed by atoms with Gasteiger partial charge in [0.25, 0.3) is 0 Å². The Morgan fingerprint density at radius 3 is 2.72 bits per heavy atom. The van der Waals surface area contributed by atoms with Crippen LogP contribution in [0.15, 0.2) is 27.4 Å². The molecule has 18 heavy (non-hydrogen) atoms.